The zero-order valence-corrected chi connectivity index (χ0v) is 19.3. The van der Waals surface area contributed by atoms with Crippen molar-refractivity contribution in [2.75, 3.05) is 0 Å². The second-order valence-corrected chi connectivity index (χ2v) is 8.49. The Bertz CT molecular complexity index is 1060. The molecule has 5 nitrogen and oxygen atoms in total. The monoisotopic (exact) mass is 443 g/mol. The van der Waals surface area contributed by atoms with E-state index in [1.807, 2.05) is 36.8 Å². The van der Waals surface area contributed by atoms with Gasteiger partial charge in [0.2, 0.25) is 5.91 Å². The van der Waals surface area contributed by atoms with Crippen molar-refractivity contribution in [2.45, 2.75) is 56.5 Å². The molecular weight excluding hydrogens is 410 g/mol. The third-order valence-corrected chi connectivity index (χ3v) is 6.30. The lowest BCUT2D eigenvalue weighted by atomic mass is 9.97. The summed E-state index contributed by atoms with van der Waals surface area (Å²) >= 11 is 0. The summed E-state index contributed by atoms with van der Waals surface area (Å²) in [6, 6.07) is 8.23. The van der Waals surface area contributed by atoms with Crippen LogP contribution in [0, 0.1) is 0 Å². The minimum absolute atomic E-state index is 0.0221. The van der Waals surface area contributed by atoms with Crippen molar-refractivity contribution in [2.24, 2.45) is 0 Å². The first-order valence-corrected chi connectivity index (χ1v) is 11.5. The number of nitrogens with zero attached hydrogens (tertiary/aromatic N) is 2. The number of benzene rings is 1. The van der Waals surface area contributed by atoms with Gasteiger partial charge in [0.15, 0.2) is 0 Å². The van der Waals surface area contributed by atoms with Crippen molar-refractivity contribution in [1.29, 1.82) is 0 Å². The molecule has 0 saturated heterocycles. The number of imidazole rings is 1. The fourth-order valence-electron chi connectivity index (χ4n) is 4.39. The minimum Gasteiger partial charge on any atom is -0.347 e. The summed E-state index contributed by atoms with van der Waals surface area (Å²) in [4.78, 5) is 29.3. The van der Waals surface area contributed by atoms with Gasteiger partial charge >= 0.3 is 0 Å². The van der Waals surface area contributed by atoms with Gasteiger partial charge in [0.05, 0.1) is 29.8 Å². The van der Waals surface area contributed by atoms with Crippen LogP contribution < -0.4 is 5.32 Å². The summed E-state index contributed by atoms with van der Waals surface area (Å²) in [6.07, 6.45) is 13.8. The zero-order valence-electron chi connectivity index (χ0n) is 19.3. The van der Waals surface area contributed by atoms with Crippen LogP contribution in [-0.2, 0) is 9.59 Å². The molecule has 5 heteroatoms. The van der Waals surface area contributed by atoms with Crippen LogP contribution in [0.4, 0.5) is 0 Å². The molecule has 1 atom stereocenters. The predicted molar refractivity (Wildman–Crippen MR) is 134 cm³/mol. The summed E-state index contributed by atoms with van der Waals surface area (Å²) in [6.45, 7) is 13.7. The molecule has 1 aromatic heterocycles. The molecule has 4 rings (SSSR count). The highest BCUT2D eigenvalue weighted by molar-refractivity contribution is 5.81. The minimum atomic E-state index is -0.273. The highest BCUT2D eigenvalue weighted by atomic mass is 16.1. The largest absolute Gasteiger partial charge is 0.347 e. The van der Waals surface area contributed by atoms with Crippen LogP contribution in [-0.4, -0.2) is 26.8 Å². The number of allylic oxidation sites excluding steroid dienone is 2. The molecule has 0 spiro atoms. The van der Waals surface area contributed by atoms with Gasteiger partial charge in [0.25, 0.3) is 0 Å². The Hall–Kier alpha value is -3.47. The van der Waals surface area contributed by atoms with E-state index in [-0.39, 0.29) is 23.3 Å². The number of carbonyl (C=O) groups excluding carboxylic acids is 2. The van der Waals surface area contributed by atoms with Crippen LogP contribution in [0.1, 0.15) is 56.6 Å². The molecule has 172 valence electrons. The molecule has 1 unspecified atom stereocenters. The Morgan fingerprint density at radius 1 is 1.18 bits per heavy atom. The summed E-state index contributed by atoms with van der Waals surface area (Å²) < 4.78 is 2.10. The zero-order chi connectivity index (χ0) is 23.8. The highest BCUT2D eigenvalue weighted by Gasteiger charge is 2.45. The SMILES string of the molecule is C=C.C=C/C=C\C(=C)C1(NC(=O)CCCCC(=O)CC2c3ccccc3-c3cncn32)CC1. The summed E-state index contributed by atoms with van der Waals surface area (Å²) in [5, 5.41) is 3.12. The Kier molecular flexibility index (Phi) is 7.99. The van der Waals surface area contributed by atoms with E-state index in [4.69, 9.17) is 0 Å². The maximum Gasteiger partial charge on any atom is 0.220 e. The van der Waals surface area contributed by atoms with Crippen molar-refractivity contribution < 1.29 is 9.59 Å². The van der Waals surface area contributed by atoms with Gasteiger partial charge in [0, 0.05) is 24.8 Å². The maximum atomic E-state index is 12.7. The third kappa shape index (κ3) is 5.48. The van der Waals surface area contributed by atoms with E-state index >= 15 is 0 Å². The molecular formula is C28H33N3O2. The van der Waals surface area contributed by atoms with E-state index in [0.29, 0.717) is 25.7 Å². The van der Waals surface area contributed by atoms with Crippen LogP contribution in [0.2, 0.25) is 0 Å². The number of aromatic nitrogens is 2. The molecule has 2 heterocycles. The second kappa shape index (κ2) is 10.9. The topological polar surface area (TPSA) is 64.0 Å². The van der Waals surface area contributed by atoms with E-state index in [1.54, 1.807) is 6.08 Å². The average molecular weight is 444 g/mol. The molecule has 1 aromatic carbocycles. The maximum absolute atomic E-state index is 12.7. The smallest absolute Gasteiger partial charge is 0.220 e. The van der Waals surface area contributed by atoms with Gasteiger partial charge < -0.3 is 9.88 Å². The molecule has 1 N–H and O–H groups in total. The second-order valence-electron chi connectivity index (χ2n) is 8.49. The Balaban J connectivity index is 0.00000149. The van der Waals surface area contributed by atoms with E-state index in [0.717, 1.165) is 36.1 Å². The molecule has 1 aliphatic heterocycles. The Morgan fingerprint density at radius 3 is 2.64 bits per heavy atom. The molecule has 1 fully saturated rings. The lowest BCUT2D eigenvalue weighted by Gasteiger charge is -2.18. The number of nitrogens with one attached hydrogen (secondary N) is 1. The van der Waals surface area contributed by atoms with Crippen molar-refractivity contribution in [3.05, 3.63) is 92.5 Å². The molecule has 33 heavy (non-hydrogen) atoms. The lowest BCUT2D eigenvalue weighted by Crippen LogP contribution is -2.37. The van der Waals surface area contributed by atoms with E-state index in [1.165, 1.54) is 5.56 Å². The molecule has 0 radical (unpaired) electrons. The van der Waals surface area contributed by atoms with Gasteiger partial charge in [-0.2, -0.15) is 0 Å². The Labute approximate surface area is 196 Å². The number of Topliss-reactive ketones (excluding diaryl/α,β-unsaturated/α-hetero) is 1. The first kappa shape index (κ1) is 24.2. The van der Waals surface area contributed by atoms with Crippen molar-refractivity contribution >= 4 is 11.7 Å². The average Bonchev–Trinajstić information content (AvgIpc) is 3.34. The van der Waals surface area contributed by atoms with Gasteiger partial charge in [-0.25, -0.2) is 4.98 Å². The molecule has 0 bridgehead atoms. The van der Waals surface area contributed by atoms with Crippen molar-refractivity contribution in [3.63, 3.8) is 0 Å². The number of amides is 1. The van der Waals surface area contributed by atoms with Gasteiger partial charge in [-0.1, -0.05) is 55.7 Å². The van der Waals surface area contributed by atoms with Crippen LogP contribution in [0.15, 0.2) is 86.9 Å². The van der Waals surface area contributed by atoms with E-state index in [9.17, 15) is 9.59 Å². The number of carbonyl (C=O) groups is 2. The van der Waals surface area contributed by atoms with Gasteiger partial charge in [-0.3, -0.25) is 9.59 Å². The van der Waals surface area contributed by atoms with Gasteiger partial charge in [-0.15, -0.1) is 13.2 Å². The summed E-state index contributed by atoms with van der Waals surface area (Å²) in [5.74, 6) is 0.259. The van der Waals surface area contributed by atoms with Gasteiger partial charge in [0.1, 0.15) is 5.78 Å². The van der Waals surface area contributed by atoms with Crippen LogP contribution >= 0.6 is 0 Å². The van der Waals surface area contributed by atoms with E-state index < -0.39 is 0 Å². The molecule has 1 amide bonds. The molecule has 1 aliphatic carbocycles. The highest BCUT2D eigenvalue weighted by Crippen LogP contribution is 2.42. The summed E-state index contributed by atoms with van der Waals surface area (Å²) in [5.41, 5.74) is 4.07. The van der Waals surface area contributed by atoms with Crippen molar-refractivity contribution in [3.8, 4) is 11.3 Å². The fourth-order valence-corrected chi connectivity index (χ4v) is 4.39. The van der Waals surface area contributed by atoms with E-state index in [2.05, 4.69) is 53.3 Å². The first-order valence-electron chi connectivity index (χ1n) is 11.5. The third-order valence-electron chi connectivity index (χ3n) is 6.30. The normalized spacial score (nSPS) is 16.8. The van der Waals surface area contributed by atoms with Crippen LogP contribution in [0.25, 0.3) is 11.3 Å². The fraction of sp³-hybridized carbons (Fsp3) is 0.321. The van der Waals surface area contributed by atoms with Crippen LogP contribution in [0.5, 0.6) is 0 Å². The first-order chi connectivity index (χ1) is 16.0. The quantitative estimate of drug-likeness (QED) is 0.274. The number of hydrogen-bond acceptors (Lipinski definition) is 3. The predicted octanol–water partition coefficient (Wildman–Crippen LogP) is 5.72. The number of ketones is 1. The standard InChI is InChI=1S/C26H29N3O2.C2H4/c1-3-4-9-19(2)26(14-15-26)28-25(31)13-8-5-10-20(30)16-23-21-11-6-7-12-22(21)24-17-27-18-29(23)24;1-2/h3-4,6-7,9,11-12,17-18,23H,1-2,5,8,10,13-16H2,(H,28,31);1-2H2/b9-4-;. The summed E-state index contributed by atoms with van der Waals surface area (Å²) in [7, 11) is 0. The number of hydrogen-bond donors (Lipinski definition) is 1. The molecule has 2 aliphatic rings. The molecule has 2 aromatic rings. The van der Waals surface area contributed by atoms with Crippen LogP contribution in [0.3, 0.4) is 0 Å². The van der Waals surface area contributed by atoms with Crippen molar-refractivity contribution in [1.82, 2.24) is 14.9 Å². The number of fused-ring (bicyclic) bond motifs is 3. The Morgan fingerprint density at radius 2 is 1.91 bits per heavy atom. The lowest BCUT2D eigenvalue weighted by molar-refractivity contribution is -0.122. The van der Waals surface area contributed by atoms with Gasteiger partial charge in [-0.05, 0) is 36.8 Å². The number of unbranched alkanes of at least 4 members (excludes halogenated alkanes) is 1. The molecule has 1 saturated carbocycles. The number of rotatable bonds is 11.